The van der Waals surface area contributed by atoms with Crippen LogP contribution < -0.4 is 5.32 Å². The van der Waals surface area contributed by atoms with Crippen molar-refractivity contribution in [2.24, 2.45) is 5.41 Å². The first-order chi connectivity index (χ1) is 8.95. The SMILES string of the molecule is COC1CC(NCC2CN(C(C)C)CCO2)C1(C)C. The van der Waals surface area contributed by atoms with Crippen molar-refractivity contribution in [1.29, 1.82) is 0 Å². The fourth-order valence-corrected chi connectivity index (χ4v) is 3.24. The summed E-state index contributed by atoms with van der Waals surface area (Å²) in [5.41, 5.74) is 0.237. The van der Waals surface area contributed by atoms with E-state index in [9.17, 15) is 0 Å². The summed E-state index contributed by atoms with van der Waals surface area (Å²) in [4.78, 5) is 2.50. The number of nitrogens with zero attached hydrogens (tertiary/aromatic N) is 1. The molecule has 1 aliphatic carbocycles. The minimum absolute atomic E-state index is 0.237. The van der Waals surface area contributed by atoms with E-state index in [1.54, 1.807) is 0 Å². The van der Waals surface area contributed by atoms with Gasteiger partial charge in [0.2, 0.25) is 0 Å². The molecule has 2 aliphatic rings. The van der Waals surface area contributed by atoms with Crippen LogP contribution in [0, 0.1) is 5.41 Å². The van der Waals surface area contributed by atoms with Crippen LogP contribution in [0.25, 0.3) is 0 Å². The van der Waals surface area contributed by atoms with E-state index in [1.165, 1.54) is 0 Å². The zero-order valence-corrected chi connectivity index (χ0v) is 13.1. The van der Waals surface area contributed by atoms with Crippen LogP contribution in [-0.2, 0) is 9.47 Å². The average Bonchev–Trinajstić information content (AvgIpc) is 2.38. The molecule has 112 valence electrons. The predicted octanol–water partition coefficient (Wildman–Crippen LogP) is 1.50. The van der Waals surface area contributed by atoms with Crippen molar-refractivity contribution in [2.75, 3.05) is 33.4 Å². The van der Waals surface area contributed by atoms with E-state index in [0.29, 0.717) is 24.3 Å². The molecule has 0 amide bonds. The molecule has 1 saturated heterocycles. The summed E-state index contributed by atoms with van der Waals surface area (Å²) in [6.45, 7) is 13.0. The molecule has 1 aliphatic heterocycles. The van der Waals surface area contributed by atoms with Gasteiger partial charge in [0.05, 0.1) is 18.8 Å². The van der Waals surface area contributed by atoms with Crippen LogP contribution in [0.5, 0.6) is 0 Å². The van der Waals surface area contributed by atoms with Crippen LogP contribution in [-0.4, -0.2) is 62.5 Å². The first kappa shape index (κ1) is 15.2. The Morgan fingerprint density at radius 2 is 2.16 bits per heavy atom. The average molecular weight is 270 g/mol. The minimum atomic E-state index is 0.237. The molecule has 19 heavy (non-hydrogen) atoms. The monoisotopic (exact) mass is 270 g/mol. The zero-order chi connectivity index (χ0) is 14.0. The van der Waals surface area contributed by atoms with Crippen molar-refractivity contribution < 1.29 is 9.47 Å². The van der Waals surface area contributed by atoms with Gasteiger partial charge >= 0.3 is 0 Å². The Kier molecular flexibility index (Phi) is 4.88. The Labute approximate surface area is 117 Å². The second-order valence-corrected chi connectivity index (χ2v) is 6.82. The number of ether oxygens (including phenoxy) is 2. The Morgan fingerprint density at radius 3 is 2.74 bits per heavy atom. The summed E-state index contributed by atoms with van der Waals surface area (Å²) in [6.07, 6.45) is 1.84. The van der Waals surface area contributed by atoms with Gasteiger partial charge in [0.15, 0.2) is 0 Å². The fraction of sp³-hybridized carbons (Fsp3) is 1.00. The van der Waals surface area contributed by atoms with Crippen molar-refractivity contribution in [1.82, 2.24) is 10.2 Å². The summed E-state index contributed by atoms with van der Waals surface area (Å²) in [5.74, 6) is 0. The number of nitrogens with one attached hydrogen (secondary N) is 1. The van der Waals surface area contributed by atoms with Gasteiger partial charge in [-0.05, 0) is 20.3 Å². The quantitative estimate of drug-likeness (QED) is 0.821. The highest BCUT2D eigenvalue weighted by Crippen LogP contribution is 2.42. The largest absolute Gasteiger partial charge is 0.381 e. The van der Waals surface area contributed by atoms with E-state index in [0.717, 1.165) is 32.7 Å². The first-order valence-corrected chi connectivity index (χ1v) is 7.57. The molecule has 0 bridgehead atoms. The molecule has 1 saturated carbocycles. The van der Waals surface area contributed by atoms with Gasteiger partial charge in [0.1, 0.15) is 0 Å². The van der Waals surface area contributed by atoms with Gasteiger partial charge in [-0.3, -0.25) is 4.90 Å². The standard InChI is InChI=1S/C15H30N2O2/c1-11(2)17-6-7-19-12(10-17)9-16-13-8-14(18-5)15(13,3)4/h11-14,16H,6-10H2,1-5H3. The van der Waals surface area contributed by atoms with E-state index in [4.69, 9.17) is 9.47 Å². The molecule has 3 atom stereocenters. The lowest BCUT2D eigenvalue weighted by Gasteiger charge is -2.52. The highest BCUT2D eigenvalue weighted by Gasteiger charge is 2.48. The molecule has 4 heteroatoms. The van der Waals surface area contributed by atoms with Crippen LogP contribution in [0.3, 0.4) is 0 Å². The van der Waals surface area contributed by atoms with Gasteiger partial charge in [-0.15, -0.1) is 0 Å². The molecule has 2 rings (SSSR count). The molecule has 2 fully saturated rings. The van der Waals surface area contributed by atoms with Crippen LogP contribution in [0.2, 0.25) is 0 Å². The second kappa shape index (κ2) is 6.08. The molecule has 1 heterocycles. The molecule has 0 aromatic rings. The van der Waals surface area contributed by atoms with Crippen LogP contribution in [0.4, 0.5) is 0 Å². The van der Waals surface area contributed by atoms with E-state index in [-0.39, 0.29) is 5.41 Å². The smallest absolute Gasteiger partial charge is 0.0826 e. The Morgan fingerprint density at radius 1 is 1.42 bits per heavy atom. The highest BCUT2D eigenvalue weighted by molar-refractivity contribution is 5.02. The maximum atomic E-state index is 5.86. The van der Waals surface area contributed by atoms with E-state index in [1.807, 2.05) is 7.11 Å². The van der Waals surface area contributed by atoms with Crippen molar-refractivity contribution in [2.45, 2.75) is 58.4 Å². The topological polar surface area (TPSA) is 33.7 Å². The number of morpholine rings is 1. The summed E-state index contributed by atoms with van der Waals surface area (Å²) in [5, 5.41) is 3.67. The summed E-state index contributed by atoms with van der Waals surface area (Å²) in [7, 11) is 1.81. The van der Waals surface area contributed by atoms with Gasteiger partial charge in [0.25, 0.3) is 0 Å². The third kappa shape index (κ3) is 3.30. The second-order valence-electron chi connectivity index (χ2n) is 6.82. The number of hydrogen-bond acceptors (Lipinski definition) is 4. The molecule has 4 nitrogen and oxygen atoms in total. The zero-order valence-electron chi connectivity index (χ0n) is 13.1. The molecule has 0 spiro atoms. The maximum Gasteiger partial charge on any atom is 0.0826 e. The lowest BCUT2D eigenvalue weighted by Crippen LogP contribution is -2.62. The van der Waals surface area contributed by atoms with E-state index >= 15 is 0 Å². The fourth-order valence-electron chi connectivity index (χ4n) is 3.24. The minimum Gasteiger partial charge on any atom is -0.381 e. The molecule has 0 aromatic heterocycles. The van der Waals surface area contributed by atoms with Gasteiger partial charge < -0.3 is 14.8 Å². The highest BCUT2D eigenvalue weighted by atomic mass is 16.5. The third-order valence-electron chi connectivity index (χ3n) is 4.95. The van der Waals surface area contributed by atoms with E-state index < -0.39 is 0 Å². The molecular formula is C15H30N2O2. The molecule has 1 N–H and O–H groups in total. The van der Waals surface area contributed by atoms with Gasteiger partial charge in [-0.2, -0.15) is 0 Å². The van der Waals surface area contributed by atoms with Crippen molar-refractivity contribution in [3.8, 4) is 0 Å². The molecule has 3 unspecified atom stereocenters. The Bertz CT molecular complexity index is 294. The van der Waals surface area contributed by atoms with E-state index in [2.05, 4.69) is 37.9 Å². The molecular weight excluding hydrogens is 240 g/mol. The summed E-state index contributed by atoms with van der Waals surface area (Å²) in [6, 6.07) is 1.17. The Hall–Kier alpha value is -0.160. The maximum absolute atomic E-state index is 5.86. The van der Waals surface area contributed by atoms with Crippen LogP contribution in [0.15, 0.2) is 0 Å². The molecule has 0 radical (unpaired) electrons. The van der Waals surface area contributed by atoms with Gasteiger partial charge in [0, 0.05) is 44.2 Å². The predicted molar refractivity (Wildman–Crippen MR) is 77.4 cm³/mol. The Balaban J connectivity index is 1.74. The normalized spacial score (nSPS) is 35.4. The van der Waals surface area contributed by atoms with Crippen molar-refractivity contribution in [3.63, 3.8) is 0 Å². The van der Waals surface area contributed by atoms with Gasteiger partial charge in [-0.25, -0.2) is 0 Å². The lowest BCUT2D eigenvalue weighted by atomic mass is 9.64. The summed E-state index contributed by atoms with van der Waals surface area (Å²) < 4.78 is 11.4. The van der Waals surface area contributed by atoms with Crippen molar-refractivity contribution >= 4 is 0 Å². The first-order valence-electron chi connectivity index (χ1n) is 7.57. The number of hydrogen-bond donors (Lipinski definition) is 1. The van der Waals surface area contributed by atoms with Crippen LogP contribution >= 0.6 is 0 Å². The number of rotatable bonds is 5. The molecule has 0 aromatic carbocycles. The van der Waals surface area contributed by atoms with Crippen molar-refractivity contribution in [3.05, 3.63) is 0 Å². The number of methoxy groups -OCH3 is 1. The van der Waals surface area contributed by atoms with Gasteiger partial charge in [-0.1, -0.05) is 13.8 Å². The van der Waals surface area contributed by atoms with Crippen LogP contribution in [0.1, 0.15) is 34.1 Å². The summed E-state index contributed by atoms with van der Waals surface area (Å²) >= 11 is 0. The third-order valence-corrected chi connectivity index (χ3v) is 4.95. The lowest BCUT2D eigenvalue weighted by molar-refractivity contribution is -0.104.